The van der Waals surface area contributed by atoms with Crippen LogP contribution in [0.2, 0.25) is 0 Å². The van der Waals surface area contributed by atoms with Crippen LogP contribution in [-0.2, 0) is 4.79 Å². The van der Waals surface area contributed by atoms with Crippen molar-refractivity contribution >= 4 is 24.0 Å². The third kappa shape index (κ3) is 3.31. The van der Waals surface area contributed by atoms with Crippen LogP contribution in [0.25, 0.3) is 11.3 Å². The summed E-state index contributed by atoms with van der Waals surface area (Å²) in [7, 11) is 0. The summed E-state index contributed by atoms with van der Waals surface area (Å²) < 4.78 is 5.53. The Morgan fingerprint density at radius 3 is 2.84 bits per heavy atom. The molecule has 2 N–H and O–H groups in total. The first-order chi connectivity index (χ1) is 11.7. The summed E-state index contributed by atoms with van der Waals surface area (Å²) in [6.45, 7) is 3.60. The van der Waals surface area contributed by atoms with Crippen LogP contribution in [0.4, 0.5) is 5.69 Å². The summed E-state index contributed by atoms with van der Waals surface area (Å²) in [5, 5.41) is 6.56. The number of hydrogen-bond acceptors (Lipinski definition) is 4. The molecule has 0 radical (unpaired) electrons. The highest BCUT2D eigenvalue weighted by Gasteiger charge is 2.49. The normalized spacial score (nSPS) is 25.1. The Hall–Kier alpha value is -1.85. The monoisotopic (exact) mass is 361 g/mol. The van der Waals surface area contributed by atoms with Crippen LogP contribution < -0.4 is 10.6 Å². The van der Waals surface area contributed by atoms with Crippen LogP contribution in [0.1, 0.15) is 31.6 Å². The molecule has 1 amide bonds. The third-order valence-electron chi connectivity index (χ3n) is 5.54. The number of nitrogens with one attached hydrogen (secondary N) is 2. The van der Waals surface area contributed by atoms with Crippen molar-refractivity contribution in [3.8, 4) is 11.3 Å². The predicted molar refractivity (Wildman–Crippen MR) is 99.8 cm³/mol. The molecule has 1 aliphatic heterocycles. The van der Waals surface area contributed by atoms with Gasteiger partial charge < -0.3 is 15.1 Å². The molecule has 2 atom stereocenters. The van der Waals surface area contributed by atoms with E-state index < -0.39 is 0 Å². The van der Waals surface area contributed by atoms with Gasteiger partial charge in [0.15, 0.2) is 11.7 Å². The van der Waals surface area contributed by atoms with Crippen molar-refractivity contribution < 1.29 is 9.21 Å². The van der Waals surface area contributed by atoms with Crippen LogP contribution in [0.5, 0.6) is 0 Å². The second-order valence-electron chi connectivity index (χ2n) is 7.00. The minimum atomic E-state index is -0.223. The second-order valence-corrected chi connectivity index (χ2v) is 7.00. The molecular weight excluding hydrogens is 338 g/mol. The number of aryl methyl sites for hydroxylation is 1. The van der Waals surface area contributed by atoms with Gasteiger partial charge in [0, 0.05) is 24.7 Å². The second kappa shape index (κ2) is 7.18. The number of carbonyl (C=O) groups excluding carboxylic acids is 1. The number of anilines is 1. The smallest absolute Gasteiger partial charge is 0.232 e. The van der Waals surface area contributed by atoms with Crippen molar-refractivity contribution in [3.63, 3.8) is 0 Å². The lowest BCUT2D eigenvalue weighted by Crippen LogP contribution is -2.44. The largest absolute Gasteiger partial charge is 0.441 e. The number of fused-ring (bicyclic) bond motifs is 1. The van der Waals surface area contributed by atoms with E-state index in [-0.39, 0.29) is 23.7 Å². The molecule has 0 unspecified atom stereocenters. The maximum absolute atomic E-state index is 12.9. The number of carbonyl (C=O) groups is 1. The van der Waals surface area contributed by atoms with E-state index >= 15 is 0 Å². The standard InChI is InChI=1S/C19H23N3O2.ClH/c1-13-21-11-17(24-13)14-5-7-16(8-6-14)22-18(23)19-9-3-2-4-15(19)10-20-12-19;/h5-8,11,15,20H,2-4,9-10,12H2,1H3,(H,22,23);1H/t15-,19+;/m0./s1. The molecule has 134 valence electrons. The molecule has 5 nitrogen and oxygen atoms in total. The SMILES string of the molecule is Cc1ncc(-c2ccc(NC(=O)[C@@]34CCCC[C@H]3CNC4)cc2)o1.Cl. The molecule has 2 heterocycles. The summed E-state index contributed by atoms with van der Waals surface area (Å²) in [5.41, 5.74) is 1.58. The van der Waals surface area contributed by atoms with Gasteiger partial charge in [-0.15, -0.1) is 12.4 Å². The van der Waals surface area contributed by atoms with Crippen molar-refractivity contribution in [2.24, 2.45) is 11.3 Å². The van der Waals surface area contributed by atoms with Gasteiger partial charge in [0.1, 0.15) is 0 Å². The van der Waals surface area contributed by atoms with Crippen molar-refractivity contribution in [1.29, 1.82) is 0 Å². The minimum absolute atomic E-state index is 0. The fraction of sp³-hybridized carbons (Fsp3) is 0.474. The maximum atomic E-state index is 12.9. The Bertz CT molecular complexity index is 743. The lowest BCUT2D eigenvalue weighted by Gasteiger charge is -2.37. The molecule has 1 aromatic heterocycles. The summed E-state index contributed by atoms with van der Waals surface area (Å²) in [5.74, 6) is 2.04. The van der Waals surface area contributed by atoms with Gasteiger partial charge in [-0.25, -0.2) is 4.98 Å². The summed E-state index contributed by atoms with van der Waals surface area (Å²) in [6.07, 6.45) is 6.26. The lowest BCUT2D eigenvalue weighted by atomic mass is 9.67. The van der Waals surface area contributed by atoms with Gasteiger partial charge in [-0.3, -0.25) is 4.79 Å². The first-order valence-electron chi connectivity index (χ1n) is 8.72. The number of hydrogen-bond donors (Lipinski definition) is 2. The minimum Gasteiger partial charge on any atom is -0.441 e. The van der Waals surface area contributed by atoms with Gasteiger partial charge >= 0.3 is 0 Å². The highest BCUT2D eigenvalue weighted by Crippen LogP contribution is 2.44. The zero-order valence-corrected chi connectivity index (χ0v) is 15.2. The van der Waals surface area contributed by atoms with Gasteiger partial charge in [-0.2, -0.15) is 0 Å². The molecule has 0 bridgehead atoms. The Morgan fingerprint density at radius 1 is 1.32 bits per heavy atom. The molecule has 2 fully saturated rings. The predicted octanol–water partition coefficient (Wildman–Crippen LogP) is 3.79. The molecular formula is C19H24ClN3O2. The van der Waals surface area contributed by atoms with Crippen LogP contribution in [0.15, 0.2) is 34.9 Å². The molecule has 4 rings (SSSR count). The fourth-order valence-corrected chi connectivity index (χ4v) is 4.16. The van der Waals surface area contributed by atoms with Crippen molar-refractivity contribution in [1.82, 2.24) is 10.3 Å². The van der Waals surface area contributed by atoms with Crippen LogP contribution in [0.3, 0.4) is 0 Å². The van der Waals surface area contributed by atoms with E-state index in [0.717, 1.165) is 49.4 Å². The number of nitrogens with zero attached hydrogens (tertiary/aromatic N) is 1. The molecule has 6 heteroatoms. The van der Waals surface area contributed by atoms with E-state index in [9.17, 15) is 4.79 Å². The highest BCUT2D eigenvalue weighted by atomic mass is 35.5. The fourth-order valence-electron chi connectivity index (χ4n) is 4.16. The summed E-state index contributed by atoms with van der Waals surface area (Å²) in [6, 6.07) is 7.78. The number of amides is 1. The van der Waals surface area contributed by atoms with Crippen LogP contribution >= 0.6 is 12.4 Å². The molecule has 0 spiro atoms. The Balaban J connectivity index is 0.00000182. The number of aromatic nitrogens is 1. The summed E-state index contributed by atoms with van der Waals surface area (Å²) >= 11 is 0. The molecule has 2 aliphatic rings. The van der Waals surface area contributed by atoms with Crippen molar-refractivity contribution in [2.75, 3.05) is 18.4 Å². The number of rotatable bonds is 3. The molecule has 1 saturated carbocycles. The third-order valence-corrected chi connectivity index (χ3v) is 5.54. The average Bonchev–Trinajstić information content (AvgIpc) is 3.22. The van der Waals surface area contributed by atoms with E-state index in [1.807, 2.05) is 31.2 Å². The van der Waals surface area contributed by atoms with E-state index in [0.29, 0.717) is 11.8 Å². The molecule has 2 aromatic rings. The van der Waals surface area contributed by atoms with Crippen LogP contribution in [-0.4, -0.2) is 24.0 Å². The van der Waals surface area contributed by atoms with E-state index in [1.165, 1.54) is 6.42 Å². The van der Waals surface area contributed by atoms with Gasteiger partial charge in [0.2, 0.25) is 5.91 Å². The zero-order valence-electron chi connectivity index (χ0n) is 14.4. The molecule has 1 aromatic carbocycles. The quantitative estimate of drug-likeness (QED) is 0.872. The Kier molecular flexibility index (Phi) is 5.16. The lowest BCUT2D eigenvalue weighted by molar-refractivity contribution is -0.128. The zero-order chi connectivity index (χ0) is 16.6. The average molecular weight is 362 g/mol. The van der Waals surface area contributed by atoms with Gasteiger partial charge in [0.05, 0.1) is 11.6 Å². The van der Waals surface area contributed by atoms with E-state index in [1.54, 1.807) is 6.20 Å². The van der Waals surface area contributed by atoms with Crippen molar-refractivity contribution in [2.45, 2.75) is 32.6 Å². The van der Waals surface area contributed by atoms with E-state index in [4.69, 9.17) is 4.42 Å². The van der Waals surface area contributed by atoms with Crippen LogP contribution in [0, 0.1) is 18.3 Å². The number of oxazole rings is 1. The van der Waals surface area contributed by atoms with Gasteiger partial charge in [-0.05, 0) is 49.6 Å². The van der Waals surface area contributed by atoms with Gasteiger partial charge in [-0.1, -0.05) is 12.8 Å². The first-order valence-corrected chi connectivity index (χ1v) is 8.72. The topological polar surface area (TPSA) is 67.2 Å². The number of benzene rings is 1. The van der Waals surface area contributed by atoms with Gasteiger partial charge in [0.25, 0.3) is 0 Å². The van der Waals surface area contributed by atoms with Crippen molar-refractivity contribution in [3.05, 3.63) is 36.4 Å². The molecule has 1 saturated heterocycles. The first kappa shape index (κ1) is 18.0. The maximum Gasteiger partial charge on any atom is 0.232 e. The highest BCUT2D eigenvalue weighted by molar-refractivity contribution is 5.96. The Morgan fingerprint density at radius 2 is 2.12 bits per heavy atom. The number of halogens is 1. The summed E-state index contributed by atoms with van der Waals surface area (Å²) in [4.78, 5) is 17.1. The van der Waals surface area contributed by atoms with E-state index in [2.05, 4.69) is 15.6 Å². The molecule has 25 heavy (non-hydrogen) atoms. The Labute approximate surface area is 154 Å². The molecule has 1 aliphatic carbocycles.